The molecule has 6 heteroatoms. The van der Waals surface area contributed by atoms with Crippen LogP contribution in [0.5, 0.6) is 0 Å². The van der Waals surface area contributed by atoms with Crippen molar-refractivity contribution in [3.05, 3.63) is 0 Å². The summed E-state index contributed by atoms with van der Waals surface area (Å²) in [4.78, 5) is 4.31. The highest BCUT2D eigenvalue weighted by Crippen LogP contribution is 2.33. The van der Waals surface area contributed by atoms with E-state index in [2.05, 4.69) is 11.9 Å². The predicted octanol–water partition coefficient (Wildman–Crippen LogP) is 2.42. The van der Waals surface area contributed by atoms with Crippen LogP contribution in [0.4, 0.5) is 0 Å². The van der Waals surface area contributed by atoms with Crippen LogP contribution >= 0.6 is 0 Å². The van der Waals surface area contributed by atoms with Crippen molar-refractivity contribution in [3.8, 4) is 0 Å². The zero-order valence-corrected chi connectivity index (χ0v) is 16.5. The maximum absolute atomic E-state index is 9.85. The molecule has 4 N–H and O–H groups in total. The third-order valence-electron chi connectivity index (χ3n) is 5.47. The molecular formula is C20H39NO5. The highest BCUT2D eigenvalue weighted by molar-refractivity contribution is 5.85. The van der Waals surface area contributed by atoms with Gasteiger partial charge in [0.15, 0.2) is 5.90 Å². The van der Waals surface area contributed by atoms with Gasteiger partial charge in [-0.1, -0.05) is 71.1 Å². The Morgan fingerprint density at radius 3 is 1.77 bits per heavy atom. The first-order valence-electron chi connectivity index (χ1n) is 10.3. The van der Waals surface area contributed by atoms with Gasteiger partial charge in [-0.05, 0) is 6.42 Å². The molecule has 0 spiro atoms. The lowest BCUT2D eigenvalue weighted by Gasteiger charge is -2.28. The van der Waals surface area contributed by atoms with Crippen LogP contribution in [0, 0.1) is 5.41 Å². The topological polar surface area (TPSA) is 103 Å². The van der Waals surface area contributed by atoms with Crippen molar-refractivity contribution in [2.24, 2.45) is 10.4 Å². The Kier molecular flexibility index (Phi) is 11.4. The lowest BCUT2D eigenvalue weighted by Crippen LogP contribution is -2.39. The van der Waals surface area contributed by atoms with E-state index in [9.17, 15) is 20.4 Å². The van der Waals surface area contributed by atoms with Crippen molar-refractivity contribution in [3.63, 3.8) is 0 Å². The largest absolute Gasteiger partial charge is 0.478 e. The van der Waals surface area contributed by atoms with E-state index in [1.54, 1.807) is 0 Å². The van der Waals surface area contributed by atoms with E-state index < -0.39 is 11.0 Å². The summed E-state index contributed by atoms with van der Waals surface area (Å²) in [5.74, 6) is 0.265. The summed E-state index contributed by atoms with van der Waals surface area (Å²) in [7, 11) is 0. The molecule has 0 fully saturated rings. The summed E-state index contributed by atoms with van der Waals surface area (Å²) in [6.07, 6.45) is 12.8. The second-order valence-corrected chi connectivity index (χ2v) is 7.77. The molecule has 1 aliphatic heterocycles. The monoisotopic (exact) mass is 373 g/mol. The third-order valence-corrected chi connectivity index (χ3v) is 5.47. The fourth-order valence-electron chi connectivity index (χ4n) is 3.37. The van der Waals surface area contributed by atoms with E-state index in [-0.39, 0.29) is 38.9 Å². The van der Waals surface area contributed by atoms with E-state index in [4.69, 9.17) is 4.74 Å². The van der Waals surface area contributed by atoms with Crippen molar-refractivity contribution in [1.82, 2.24) is 0 Å². The molecule has 0 radical (unpaired) electrons. The Hall–Kier alpha value is -0.690. The van der Waals surface area contributed by atoms with Crippen molar-refractivity contribution >= 4 is 5.90 Å². The van der Waals surface area contributed by atoms with Gasteiger partial charge in [0.2, 0.25) is 0 Å². The van der Waals surface area contributed by atoms with Crippen LogP contribution in [0.15, 0.2) is 4.99 Å². The van der Waals surface area contributed by atoms with E-state index in [0.717, 1.165) is 19.3 Å². The third kappa shape index (κ3) is 6.80. The van der Waals surface area contributed by atoms with Crippen LogP contribution in [-0.4, -0.2) is 64.9 Å². The van der Waals surface area contributed by atoms with Crippen LogP contribution in [0.25, 0.3) is 0 Å². The minimum absolute atomic E-state index is 0.0785. The van der Waals surface area contributed by atoms with Gasteiger partial charge in [-0.3, -0.25) is 0 Å². The molecule has 154 valence electrons. The fraction of sp³-hybridized carbons (Fsp3) is 0.950. The number of hydrogen-bond donors (Lipinski definition) is 4. The molecule has 0 atom stereocenters. The number of hydrogen-bond acceptors (Lipinski definition) is 6. The fourth-order valence-corrected chi connectivity index (χ4v) is 3.37. The summed E-state index contributed by atoms with van der Waals surface area (Å²) in [6, 6.07) is 0. The Morgan fingerprint density at radius 1 is 0.846 bits per heavy atom. The first-order chi connectivity index (χ1) is 12.6. The number of nitrogens with zero attached hydrogens (tertiary/aromatic N) is 1. The van der Waals surface area contributed by atoms with Gasteiger partial charge < -0.3 is 25.2 Å². The minimum atomic E-state index is -1.05. The smallest absolute Gasteiger partial charge is 0.195 e. The average Bonchev–Trinajstić information content (AvgIpc) is 3.12. The molecule has 0 amide bonds. The minimum Gasteiger partial charge on any atom is -0.478 e. The van der Waals surface area contributed by atoms with Gasteiger partial charge in [0, 0.05) is 0 Å². The van der Waals surface area contributed by atoms with Crippen LogP contribution in [0.1, 0.15) is 77.6 Å². The molecule has 0 aromatic heterocycles. The number of aliphatic imine (C=N–C) groups is 1. The van der Waals surface area contributed by atoms with Gasteiger partial charge in [0.05, 0.1) is 31.8 Å². The second kappa shape index (κ2) is 12.7. The SMILES string of the molecule is CCCCCCCCCCCCC(CO)(CO)C1=NC(CO)(CO)CO1. The van der Waals surface area contributed by atoms with E-state index in [1.165, 1.54) is 44.9 Å². The Balaban J connectivity index is 2.35. The van der Waals surface area contributed by atoms with Crippen LogP contribution in [-0.2, 0) is 4.74 Å². The normalized spacial score (nSPS) is 16.6. The summed E-state index contributed by atoms with van der Waals surface area (Å²) in [5.41, 5.74) is -1.98. The molecule has 0 saturated carbocycles. The Labute approximate surface area is 158 Å². The molecule has 6 nitrogen and oxygen atoms in total. The lowest BCUT2D eigenvalue weighted by molar-refractivity contribution is 0.0707. The zero-order chi connectivity index (χ0) is 19.3. The number of aliphatic hydroxyl groups excluding tert-OH is 4. The average molecular weight is 374 g/mol. The second-order valence-electron chi connectivity index (χ2n) is 7.77. The molecule has 0 aromatic carbocycles. The molecule has 0 saturated heterocycles. The first kappa shape index (κ1) is 23.3. The van der Waals surface area contributed by atoms with Crippen LogP contribution in [0.2, 0.25) is 0 Å². The molecule has 26 heavy (non-hydrogen) atoms. The number of rotatable bonds is 16. The maximum atomic E-state index is 9.85. The highest BCUT2D eigenvalue weighted by Gasteiger charge is 2.44. The van der Waals surface area contributed by atoms with Crippen molar-refractivity contribution in [2.75, 3.05) is 33.0 Å². The van der Waals surface area contributed by atoms with Crippen molar-refractivity contribution in [2.45, 2.75) is 83.1 Å². The van der Waals surface area contributed by atoms with E-state index >= 15 is 0 Å². The van der Waals surface area contributed by atoms with Gasteiger partial charge in [0.25, 0.3) is 0 Å². The number of ether oxygens (including phenoxy) is 1. The van der Waals surface area contributed by atoms with Gasteiger partial charge in [-0.25, -0.2) is 4.99 Å². The van der Waals surface area contributed by atoms with Crippen molar-refractivity contribution < 1.29 is 25.2 Å². The molecule has 0 aliphatic carbocycles. The molecule has 0 unspecified atom stereocenters. The van der Waals surface area contributed by atoms with Gasteiger partial charge in [-0.15, -0.1) is 0 Å². The van der Waals surface area contributed by atoms with Crippen molar-refractivity contribution in [1.29, 1.82) is 0 Å². The quantitative estimate of drug-likeness (QED) is 0.311. The summed E-state index contributed by atoms with van der Waals surface area (Å²) in [5, 5.41) is 38.6. The molecular weight excluding hydrogens is 334 g/mol. The highest BCUT2D eigenvalue weighted by atomic mass is 16.5. The van der Waals surface area contributed by atoms with E-state index in [0.29, 0.717) is 6.42 Å². The standard InChI is InChI=1S/C20H39NO5/c1-2-3-4-5-6-7-8-9-10-11-12-19(13-22,14-23)18-21-20(15-24,16-25)17-26-18/h22-25H,2-17H2,1H3. The molecule has 1 aliphatic rings. The maximum Gasteiger partial charge on any atom is 0.195 e. The summed E-state index contributed by atoms with van der Waals surface area (Å²) >= 11 is 0. The molecule has 0 aromatic rings. The summed E-state index contributed by atoms with van der Waals surface area (Å²) in [6.45, 7) is 1.15. The summed E-state index contributed by atoms with van der Waals surface area (Å²) < 4.78 is 5.55. The first-order valence-corrected chi connectivity index (χ1v) is 10.3. The lowest BCUT2D eigenvalue weighted by atomic mass is 9.83. The Bertz CT molecular complexity index is 392. The predicted molar refractivity (Wildman–Crippen MR) is 103 cm³/mol. The number of unbranched alkanes of at least 4 members (excludes halogenated alkanes) is 9. The molecule has 1 rings (SSSR count). The Morgan fingerprint density at radius 2 is 1.35 bits per heavy atom. The van der Waals surface area contributed by atoms with Gasteiger partial charge in [0.1, 0.15) is 12.1 Å². The van der Waals surface area contributed by atoms with Crippen LogP contribution < -0.4 is 0 Å². The number of aliphatic hydroxyl groups is 4. The van der Waals surface area contributed by atoms with Crippen LogP contribution in [0.3, 0.4) is 0 Å². The molecule has 1 heterocycles. The van der Waals surface area contributed by atoms with Gasteiger partial charge >= 0.3 is 0 Å². The van der Waals surface area contributed by atoms with Gasteiger partial charge in [-0.2, -0.15) is 0 Å². The molecule has 0 bridgehead atoms. The zero-order valence-electron chi connectivity index (χ0n) is 16.5. The van der Waals surface area contributed by atoms with E-state index in [1.807, 2.05) is 0 Å².